The molecule has 0 saturated heterocycles. The molecular formula is C29H47N7O5. The van der Waals surface area contributed by atoms with Gasteiger partial charge in [-0.15, -0.1) is 0 Å². The predicted octanol–water partition coefficient (Wildman–Crippen LogP) is 0.881. The van der Waals surface area contributed by atoms with Gasteiger partial charge in [-0.1, -0.05) is 38.5 Å². The van der Waals surface area contributed by atoms with Crippen LogP contribution >= 0.6 is 0 Å². The molecule has 2 rings (SSSR count). The fourth-order valence-electron chi connectivity index (χ4n) is 4.64. The maximum atomic E-state index is 13.4. The molecule has 0 aliphatic carbocycles. The number of hydrogen-bond donors (Lipinski definition) is 8. The fourth-order valence-corrected chi connectivity index (χ4v) is 4.64. The summed E-state index contributed by atoms with van der Waals surface area (Å²) in [6.45, 7) is 4.42. The molecule has 1 aromatic heterocycles. The molecule has 0 fully saturated rings. The molecule has 0 bridgehead atoms. The average molecular weight is 574 g/mol. The number of carboxylic acids is 1. The van der Waals surface area contributed by atoms with Crippen LogP contribution in [0.5, 0.6) is 0 Å². The molecule has 3 amide bonds. The highest BCUT2D eigenvalue weighted by molar-refractivity contribution is 5.94. The Kier molecular flexibility index (Phi) is 14.3. The SMILES string of the molecule is CCC(C)C(NC(=O)C(CCCCN)NC(=O)C(CCCCN)NC(=O)C(N)Cc1c[nH]c2ccccc12)C(=O)O. The normalized spacial score (nSPS) is 15.0. The van der Waals surface area contributed by atoms with Crippen molar-refractivity contribution < 1.29 is 24.3 Å². The quantitative estimate of drug-likeness (QED) is 0.112. The zero-order chi connectivity index (χ0) is 30.4. The first-order valence-corrected chi connectivity index (χ1v) is 14.5. The molecule has 0 spiro atoms. The second-order valence-corrected chi connectivity index (χ2v) is 10.6. The molecule has 2 aromatic rings. The number of para-hydroxylation sites is 1. The summed E-state index contributed by atoms with van der Waals surface area (Å²) in [5, 5.41) is 18.7. The van der Waals surface area contributed by atoms with E-state index in [1.165, 1.54) is 0 Å². The predicted molar refractivity (Wildman–Crippen MR) is 159 cm³/mol. The van der Waals surface area contributed by atoms with Crippen LogP contribution in [0.4, 0.5) is 0 Å². The molecular weight excluding hydrogens is 526 g/mol. The van der Waals surface area contributed by atoms with E-state index in [1.54, 1.807) is 6.92 Å². The van der Waals surface area contributed by atoms with Gasteiger partial charge in [0.25, 0.3) is 0 Å². The minimum absolute atomic E-state index is 0.267. The Bertz CT molecular complexity index is 1140. The number of nitrogens with two attached hydrogens (primary N) is 3. The average Bonchev–Trinajstić information content (AvgIpc) is 3.36. The summed E-state index contributed by atoms with van der Waals surface area (Å²) in [5.41, 5.74) is 19.3. The standard InChI is InChI=1S/C29H47N7O5/c1-3-18(2)25(29(40)41)36-28(39)24(13-7-9-15-31)35-27(38)23(12-6-8-14-30)34-26(37)21(32)16-19-17-33-22-11-5-4-10-20(19)22/h4-5,10-11,17-18,21,23-25,33H,3,6-9,12-16,30-32H2,1-2H3,(H,34,37)(H,35,38)(H,36,39)(H,40,41). The Morgan fingerprint density at radius 1 is 0.878 bits per heavy atom. The molecule has 41 heavy (non-hydrogen) atoms. The summed E-state index contributed by atoms with van der Waals surface area (Å²) in [6, 6.07) is 3.76. The van der Waals surface area contributed by atoms with Crippen molar-refractivity contribution in [2.45, 2.75) is 89.4 Å². The molecule has 11 N–H and O–H groups in total. The third kappa shape index (κ3) is 10.5. The van der Waals surface area contributed by atoms with E-state index in [-0.39, 0.29) is 18.8 Å². The summed E-state index contributed by atoms with van der Waals surface area (Å²) in [6.07, 6.45) is 5.61. The highest BCUT2D eigenvalue weighted by atomic mass is 16.4. The lowest BCUT2D eigenvalue weighted by atomic mass is 9.98. The molecule has 228 valence electrons. The van der Waals surface area contributed by atoms with E-state index in [0.29, 0.717) is 51.6 Å². The number of aromatic nitrogens is 1. The van der Waals surface area contributed by atoms with Gasteiger partial charge in [0, 0.05) is 17.1 Å². The summed E-state index contributed by atoms with van der Waals surface area (Å²) in [4.78, 5) is 54.6. The molecule has 1 aromatic carbocycles. The van der Waals surface area contributed by atoms with Crippen molar-refractivity contribution in [3.05, 3.63) is 36.0 Å². The van der Waals surface area contributed by atoms with E-state index in [4.69, 9.17) is 17.2 Å². The Morgan fingerprint density at radius 2 is 1.44 bits per heavy atom. The maximum Gasteiger partial charge on any atom is 0.326 e. The van der Waals surface area contributed by atoms with Crippen LogP contribution in [0.3, 0.4) is 0 Å². The largest absolute Gasteiger partial charge is 0.480 e. The maximum absolute atomic E-state index is 13.4. The van der Waals surface area contributed by atoms with Crippen LogP contribution in [-0.4, -0.2) is 71.0 Å². The highest BCUT2D eigenvalue weighted by Crippen LogP contribution is 2.19. The number of aliphatic carboxylic acids is 1. The zero-order valence-electron chi connectivity index (χ0n) is 24.2. The number of rotatable bonds is 19. The Morgan fingerprint density at radius 3 is 2.00 bits per heavy atom. The van der Waals surface area contributed by atoms with Crippen molar-refractivity contribution >= 4 is 34.6 Å². The topological polar surface area (TPSA) is 218 Å². The first kappa shape index (κ1) is 33.7. The van der Waals surface area contributed by atoms with Gasteiger partial charge in [-0.2, -0.15) is 0 Å². The van der Waals surface area contributed by atoms with Crippen LogP contribution in [-0.2, 0) is 25.6 Å². The van der Waals surface area contributed by atoms with Gasteiger partial charge in [0.1, 0.15) is 18.1 Å². The number of aromatic amines is 1. The van der Waals surface area contributed by atoms with Gasteiger partial charge in [0.05, 0.1) is 6.04 Å². The Labute approximate surface area is 241 Å². The van der Waals surface area contributed by atoms with Crippen molar-refractivity contribution in [3.63, 3.8) is 0 Å². The lowest BCUT2D eigenvalue weighted by molar-refractivity contribution is -0.144. The molecule has 12 nitrogen and oxygen atoms in total. The van der Waals surface area contributed by atoms with Crippen LogP contribution in [0.25, 0.3) is 10.9 Å². The fraction of sp³-hybridized carbons (Fsp3) is 0.586. The van der Waals surface area contributed by atoms with Crippen LogP contribution < -0.4 is 33.2 Å². The number of unbranched alkanes of at least 4 members (excludes halogenated alkanes) is 2. The molecule has 0 saturated carbocycles. The van der Waals surface area contributed by atoms with Crippen molar-refractivity contribution in [1.29, 1.82) is 0 Å². The molecule has 5 unspecified atom stereocenters. The molecule has 0 radical (unpaired) electrons. The highest BCUT2D eigenvalue weighted by Gasteiger charge is 2.31. The number of H-pyrrole nitrogens is 1. The van der Waals surface area contributed by atoms with Crippen molar-refractivity contribution in [1.82, 2.24) is 20.9 Å². The van der Waals surface area contributed by atoms with Gasteiger partial charge in [0.2, 0.25) is 17.7 Å². The zero-order valence-corrected chi connectivity index (χ0v) is 24.2. The summed E-state index contributed by atoms with van der Waals surface area (Å²) in [5.74, 6) is -3.08. The minimum Gasteiger partial charge on any atom is -0.480 e. The second-order valence-electron chi connectivity index (χ2n) is 10.6. The minimum atomic E-state index is -1.14. The first-order valence-electron chi connectivity index (χ1n) is 14.5. The number of fused-ring (bicyclic) bond motifs is 1. The van der Waals surface area contributed by atoms with E-state index in [0.717, 1.165) is 16.5 Å². The first-order chi connectivity index (χ1) is 19.6. The van der Waals surface area contributed by atoms with E-state index in [1.807, 2.05) is 37.4 Å². The van der Waals surface area contributed by atoms with E-state index in [2.05, 4.69) is 20.9 Å². The number of carboxylic acid groups (broad SMARTS) is 1. The molecule has 0 aliphatic rings. The van der Waals surface area contributed by atoms with Crippen molar-refractivity contribution in [2.24, 2.45) is 23.1 Å². The molecule has 1 heterocycles. The summed E-state index contributed by atoms with van der Waals surface area (Å²) in [7, 11) is 0. The number of amides is 3. The number of carbonyl (C=O) groups is 4. The Balaban J connectivity index is 2.15. The van der Waals surface area contributed by atoms with Crippen LogP contribution in [0, 0.1) is 5.92 Å². The van der Waals surface area contributed by atoms with Crippen molar-refractivity contribution in [3.8, 4) is 0 Å². The molecule has 12 heteroatoms. The third-order valence-electron chi connectivity index (χ3n) is 7.39. The van der Waals surface area contributed by atoms with Gasteiger partial charge in [0.15, 0.2) is 0 Å². The van der Waals surface area contributed by atoms with Crippen LogP contribution in [0.2, 0.25) is 0 Å². The van der Waals surface area contributed by atoms with Gasteiger partial charge in [-0.05, 0) is 75.6 Å². The van der Waals surface area contributed by atoms with E-state index >= 15 is 0 Å². The lowest BCUT2D eigenvalue weighted by Crippen LogP contribution is -2.57. The molecule has 5 atom stereocenters. The summed E-state index contributed by atoms with van der Waals surface area (Å²) < 4.78 is 0. The molecule has 0 aliphatic heterocycles. The lowest BCUT2D eigenvalue weighted by Gasteiger charge is -2.26. The van der Waals surface area contributed by atoms with E-state index < -0.39 is 47.9 Å². The smallest absolute Gasteiger partial charge is 0.326 e. The number of nitrogens with one attached hydrogen (secondary N) is 4. The van der Waals surface area contributed by atoms with Gasteiger partial charge in [-0.3, -0.25) is 14.4 Å². The van der Waals surface area contributed by atoms with Gasteiger partial charge in [-0.25, -0.2) is 4.79 Å². The Hall–Kier alpha value is -3.48. The van der Waals surface area contributed by atoms with Crippen LogP contribution in [0.1, 0.15) is 64.4 Å². The number of benzene rings is 1. The van der Waals surface area contributed by atoms with Gasteiger partial charge < -0.3 is 43.2 Å². The number of hydrogen-bond acceptors (Lipinski definition) is 7. The van der Waals surface area contributed by atoms with Crippen molar-refractivity contribution in [2.75, 3.05) is 13.1 Å². The van der Waals surface area contributed by atoms with Crippen LogP contribution in [0.15, 0.2) is 30.5 Å². The van der Waals surface area contributed by atoms with E-state index in [9.17, 15) is 24.3 Å². The second kappa shape index (κ2) is 17.4. The monoisotopic (exact) mass is 573 g/mol. The van der Waals surface area contributed by atoms with Gasteiger partial charge >= 0.3 is 5.97 Å². The third-order valence-corrected chi connectivity index (χ3v) is 7.39. The number of carbonyl (C=O) groups excluding carboxylic acids is 3. The summed E-state index contributed by atoms with van der Waals surface area (Å²) >= 11 is 0.